The van der Waals surface area contributed by atoms with Crippen molar-refractivity contribution in [2.45, 2.75) is 24.4 Å². The van der Waals surface area contributed by atoms with E-state index >= 15 is 0 Å². The van der Waals surface area contributed by atoms with Crippen LogP contribution in [0.15, 0.2) is 88.9 Å². The Bertz CT molecular complexity index is 1500. The second-order valence-electron chi connectivity index (χ2n) is 7.67. The standard InChI is InChI=1S/C25H20ClN5OS/c1-17-11-12-22-27-19(13-23(32)30(22)14-17)16-33-25-29-28-24(20-9-5-6-10-21(20)26)31(25)15-18-7-3-2-4-8-18/h2-14H,15-16H2,1H3. The highest BCUT2D eigenvalue weighted by Crippen LogP contribution is 2.30. The first-order valence-electron chi connectivity index (χ1n) is 10.4. The molecule has 0 fully saturated rings. The molecule has 0 aliphatic rings. The summed E-state index contributed by atoms with van der Waals surface area (Å²) in [5.41, 5.74) is 4.20. The predicted molar refractivity (Wildman–Crippen MR) is 132 cm³/mol. The molecule has 33 heavy (non-hydrogen) atoms. The Morgan fingerprint density at radius 1 is 0.970 bits per heavy atom. The number of hydrogen-bond donors (Lipinski definition) is 0. The largest absolute Gasteiger partial charge is 0.297 e. The number of nitrogens with zero attached hydrogens (tertiary/aromatic N) is 5. The number of benzene rings is 2. The molecule has 0 N–H and O–H groups in total. The third-order valence-electron chi connectivity index (χ3n) is 5.22. The number of aryl methyl sites for hydroxylation is 1. The van der Waals surface area contributed by atoms with Crippen molar-refractivity contribution >= 4 is 29.0 Å². The van der Waals surface area contributed by atoms with E-state index in [0.29, 0.717) is 34.5 Å². The average Bonchev–Trinajstić information content (AvgIpc) is 3.21. The van der Waals surface area contributed by atoms with Crippen LogP contribution in [0.2, 0.25) is 5.02 Å². The van der Waals surface area contributed by atoms with Crippen molar-refractivity contribution in [1.82, 2.24) is 24.1 Å². The summed E-state index contributed by atoms with van der Waals surface area (Å²) in [6.07, 6.45) is 1.80. The first kappa shape index (κ1) is 21.4. The second kappa shape index (κ2) is 9.21. The van der Waals surface area contributed by atoms with Crippen LogP contribution in [-0.4, -0.2) is 24.1 Å². The lowest BCUT2D eigenvalue weighted by atomic mass is 10.2. The molecule has 3 aromatic heterocycles. The fraction of sp³-hybridized carbons (Fsp3) is 0.120. The van der Waals surface area contributed by atoms with Crippen molar-refractivity contribution in [3.8, 4) is 11.4 Å². The van der Waals surface area contributed by atoms with Crippen molar-refractivity contribution in [2.24, 2.45) is 0 Å². The number of halogens is 1. The molecule has 5 aromatic rings. The SMILES string of the molecule is Cc1ccc2nc(CSc3nnc(-c4ccccc4Cl)n3Cc3ccccc3)cc(=O)n2c1. The summed E-state index contributed by atoms with van der Waals surface area (Å²) in [5, 5.41) is 10.3. The van der Waals surface area contributed by atoms with Gasteiger partial charge in [0.2, 0.25) is 0 Å². The van der Waals surface area contributed by atoms with Gasteiger partial charge in [0.1, 0.15) is 5.65 Å². The monoisotopic (exact) mass is 473 g/mol. The van der Waals surface area contributed by atoms with Gasteiger partial charge in [0.05, 0.1) is 17.3 Å². The number of rotatable bonds is 6. The van der Waals surface area contributed by atoms with Crippen molar-refractivity contribution in [2.75, 3.05) is 0 Å². The molecule has 0 aliphatic carbocycles. The van der Waals surface area contributed by atoms with E-state index in [0.717, 1.165) is 21.8 Å². The third-order valence-corrected chi connectivity index (χ3v) is 6.55. The minimum absolute atomic E-state index is 0.0955. The molecule has 5 rings (SSSR count). The molecule has 0 saturated heterocycles. The van der Waals surface area contributed by atoms with E-state index in [1.54, 1.807) is 16.7 Å². The van der Waals surface area contributed by atoms with Crippen LogP contribution in [0.25, 0.3) is 17.0 Å². The van der Waals surface area contributed by atoms with Gasteiger partial charge in [-0.1, -0.05) is 71.9 Å². The maximum Gasteiger partial charge on any atom is 0.258 e. The van der Waals surface area contributed by atoms with Gasteiger partial charge in [0.15, 0.2) is 11.0 Å². The maximum absolute atomic E-state index is 12.6. The average molecular weight is 474 g/mol. The number of hydrogen-bond acceptors (Lipinski definition) is 5. The van der Waals surface area contributed by atoms with Gasteiger partial charge in [-0.25, -0.2) is 4.98 Å². The van der Waals surface area contributed by atoms with Gasteiger partial charge in [0.25, 0.3) is 5.56 Å². The third kappa shape index (κ3) is 4.55. The Labute approximate surface area is 199 Å². The van der Waals surface area contributed by atoms with E-state index in [-0.39, 0.29) is 5.56 Å². The number of fused-ring (bicyclic) bond motifs is 1. The summed E-state index contributed by atoms with van der Waals surface area (Å²) in [6.45, 7) is 2.55. The summed E-state index contributed by atoms with van der Waals surface area (Å²) < 4.78 is 3.62. The molecule has 2 aromatic carbocycles. The van der Waals surface area contributed by atoms with Gasteiger partial charge >= 0.3 is 0 Å². The topological polar surface area (TPSA) is 65.1 Å². The van der Waals surface area contributed by atoms with Gasteiger partial charge in [-0.15, -0.1) is 10.2 Å². The van der Waals surface area contributed by atoms with Gasteiger partial charge in [-0.05, 0) is 36.2 Å². The highest BCUT2D eigenvalue weighted by atomic mass is 35.5. The fourth-order valence-electron chi connectivity index (χ4n) is 3.62. The van der Waals surface area contributed by atoms with Crippen LogP contribution in [0.3, 0.4) is 0 Å². The van der Waals surface area contributed by atoms with E-state index in [1.807, 2.05) is 61.5 Å². The van der Waals surface area contributed by atoms with Crippen LogP contribution >= 0.6 is 23.4 Å². The quantitative estimate of drug-likeness (QED) is 0.315. The Balaban J connectivity index is 1.49. The van der Waals surface area contributed by atoms with Crippen molar-refractivity contribution < 1.29 is 0 Å². The molecule has 0 amide bonds. The lowest BCUT2D eigenvalue weighted by Crippen LogP contribution is -2.15. The minimum Gasteiger partial charge on any atom is -0.297 e. The highest BCUT2D eigenvalue weighted by Gasteiger charge is 2.17. The number of pyridine rings is 1. The molecule has 3 heterocycles. The number of aromatic nitrogens is 5. The van der Waals surface area contributed by atoms with E-state index in [2.05, 4.69) is 31.9 Å². The Morgan fingerprint density at radius 2 is 1.76 bits per heavy atom. The van der Waals surface area contributed by atoms with Crippen LogP contribution in [0.4, 0.5) is 0 Å². The number of thioether (sulfide) groups is 1. The molecule has 0 saturated carbocycles. The first-order valence-corrected chi connectivity index (χ1v) is 11.8. The van der Waals surface area contributed by atoms with Crippen LogP contribution < -0.4 is 5.56 Å². The smallest absolute Gasteiger partial charge is 0.258 e. The molecule has 0 aliphatic heterocycles. The summed E-state index contributed by atoms with van der Waals surface area (Å²) in [5.74, 6) is 1.20. The zero-order valence-electron chi connectivity index (χ0n) is 17.9. The molecule has 164 valence electrons. The Morgan fingerprint density at radius 3 is 2.58 bits per heavy atom. The van der Waals surface area contributed by atoms with E-state index in [9.17, 15) is 4.79 Å². The van der Waals surface area contributed by atoms with Crippen LogP contribution in [0, 0.1) is 6.92 Å². The van der Waals surface area contributed by atoms with E-state index < -0.39 is 0 Å². The molecule has 0 atom stereocenters. The second-order valence-corrected chi connectivity index (χ2v) is 9.02. The Hall–Kier alpha value is -3.42. The predicted octanol–water partition coefficient (Wildman–Crippen LogP) is 5.26. The fourth-order valence-corrected chi connectivity index (χ4v) is 4.67. The van der Waals surface area contributed by atoms with Gasteiger partial charge in [0, 0.05) is 23.6 Å². The molecular weight excluding hydrogens is 454 g/mol. The summed E-state index contributed by atoms with van der Waals surface area (Å²) in [6, 6.07) is 23.1. The van der Waals surface area contributed by atoms with Gasteiger partial charge in [-0.3, -0.25) is 13.8 Å². The van der Waals surface area contributed by atoms with Gasteiger partial charge in [-0.2, -0.15) is 0 Å². The zero-order chi connectivity index (χ0) is 22.8. The molecule has 6 nitrogen and oxygen atoms in total. The highest BCUT2D eigenvalue weighted by molar-refractivity contribution is 7.98. The normalized spacial score (nSPS) is 11.2. The maximum atomic E-state index is 12.6. The van der Waals surface area contributed by atoms with Crippen LogP contribution in [0.5, 0.6) is 0 Å². The Kier molecular flexibility index (Phi) is 5.98. The lowest BCUT2D eigenvalue weighted by molar-refractivity contribution is 0.714. The summed E-state index contributed by atoms with van der Waals surface area (Å²) >= 11 is 7.96. The minimum atomic E-state index is -0.0955. The van der Waals surface area contributed by atoms with Crippen LogP contribution in [0.1, 0.15) is 16.8 Å². The molecule has 0 radical (unpaired) electrons. The molecular formula is C25H20ClN5OS. The lowest BCUT2D eigenvalue weighted by Gasteiger charge is -2.11. The van der Waals surface area contributed by atoms with Crippen LogP contribution in [-0.2, 0) is 12.3 Å². The molecule has 0 unspecified atom stereocenters. The first-order chi connectivity index (χ1) is 16.1. The molecule has 0 bridgehead atoms. The van der Waals surface area contributed by atoms with E-state index in [4.69, 9.17) is 11.6 Å². The molecule has 8 heteroatoms. The summed E-state index contributed by atoms with van der Waals surface area (Å²) in [4.78, 5) is 17.2. The zero-order valence-corrected chi connectivity index (χ0v) is 19.4. The van der Waals surface area contributed by atoms with Crippen molar-refractivity contribution in [1.29, 1.82) is 0 Å². The van der Waals surface area contributed by atoms with E-state index in [1.165, 1.54) is 11.8 Å². The molecule has 0 spiro atoms. The summed E-state index contributed by atoms with van der Waals surface area (Å²) in [7, 11) is 0. The van der Waals surface area contributed by atoms with Crippen molar-refractivity contribution in [3.63, 3.8) is 0 Å². The van der Waals surface area contributed by atoms with Crippen molar-refractivity contribution in [3.05, 3.63) is 111 Å². The van der Waals surface area contributed by atoms with Gasteiger partial charge < -0.3 is 0 Å².